The predicted octanol–water partition coefficient (Wildman–Crippen LogP) is 3.42. The van der Waals surface area contributed by atoms with E-state index in [2.05, 4.69) is 39.9 Å². The number of carbonyl (C=O) groups is 2. The van der Waals surface area contributed by atoms with Gasteiger partial charge in [0.25, 0.3) is 5.91 Å². The molecule has 10 heteroatoms. The maximum Gasteiger partial charge on any atom is 0.338 e. The van der Waals surface area contributed by atoms with Gasteiger partial charge >= 0.3 is 5.97 Å². The first-order valence-electron chi connectivity index (χ1n) is 12.2. The van der Waals surface area contributed by atoms with E-state index in [-0.39, 0.29) is 13.2 Å². The Bertz CT molecular complexity index is 1180. The lowest BCUT2D eigenvalue weighted by molar-refractivity contribution is -0.139. The minimum Gasteiger partial charge on any atom is -0.483 e. The highest BCUT2D eigenvalue weighted by molar-refractivity contribution is 7.80. The van der Waals surface area contributed by atoms with Gasteiger partial charge in [0, 0.05) is 30.0 Å². The van der Waals surface area contributed by atoms with Crippen molar-refractivity contribution in [3.8, 4) is 5.75 Å². The van der Waals surface area contributed by atoms with E-state index in [1.165, 1.54) is 0 Å². The molecule has 0 aliphatic carbocycles. The van der Waals surface area contributed by atoms with Gasteiger partial charge in [0.05, 0.1) is 24.4 Å². The fourth-order valence-electron chi connectivity index (χ4n) is 3.97. The molecule has 0 saturated heterocycles. The monoisotopic (exact) mass is 523 g/mol. The van der Waals surface area contributed by atoms with Gasteiger partial charge < -0.3 is 25.0 Å². The molecule has 1 unspecified atom stereocenters. The lowest BCUT2D eigenvalue weighted by Crippen LogP contribution is -2.45. The molecule has 196 valence electrons. The van der Waals surface area contributed by atoms with Crippen molar-refractivity contribution in [1.82, 2.24) is 16.1 Å². The minimum absolute atomic E-state index is 0.242. The molecule has 1 atom stereocenters. The highest BCUT2D eigenvalue weighted by Gasteiger charge is 2.32. The van der Waals surface area contributed by atoms with Crippen LogP contribution in [0.5, 0.6) is 5.75 Å². The zero-order chi connectivity index (χ0) is 26.8. The lowest BCUT2D eigenvalue weighted by atomic mass is 9.95. The van der Waals surface area contributed by atoms with E-state index in [0.29, 0.717) is 27.7 Å². The molecule has 0 saturated carbocycles. The van der Waals surface area contributed by atoms with E-state index >= 15 is 0 Å². The zero-order valence-electron chi connectivity index (χ0n) is 21.5. The normalized spacial score (nSPS) is 15.1. The molecule has 1 aliphatic rings. The first-order valence-corrected chi connectivity index (χ1v) is 12.6. The summed E-state index contributed by atoms with van der Waals surface area (Å²) >= 11 is 5.30. The Hall–Kier alpha value is -3.92. The number of hydrogen-bond donors (Lipinski definition) is 3. The molecule has 0 radical (unpaired) electrons. The van der Waals surface area contributed by atoms with Crippen LogP contribution in [0.15, 0.2) is 64.9 Å². The van der Waals surface area contributed by atoms with Crippen LogP contribution in [0, 0.1) is 0 Å². The summed E-state index contributed by atoms with van der Waals surface area (Å²) in [6.45, 7) is 9.59. The van der Waals surface area contributed by atoms with Gasteiger partial charge in [-0.1, -0.05) is 30.3 Å². The van der Waals surface area contributed by atoms with Crippen LogP contribution < -0.4 is 25.7 Å². The average Bonchev–Trinajstić information content (AvgIpc) is 2.89. The quantitative estimate of drug-likeness (QED) is 0.178. The van der Waals surface area contributed by atoms with Gasteiger partial charge in [-0.3, -0.25) is 4.79 Å². The number of carbonyl (C=O) groups excluding carboxylic acids is 2. The third-order valence-corrected chi connectivity index (χ3v) is 6.00. The van der Waals surface area contributed by atoms with Crippen LogP contribution in [-0.4, -0.2) is 49.5 Å². The zero-order valence-corrected chi connectivity index (χ0v) is 22.4. The Morgan fingerprint density at radius 1 is 1.11 bits per heavy atom. The first kappa shape index (κ1) is 27.7. The molecule has 1 heterocycles. The van der Waals surface area contributed by atoms with E-state index in [0.717, 1.165) is 24.3 Å². The van der Waals surface area contributed by atoms with Crippen LogP contribution in [0.25, 0.3) is 0 Å². The number of nitrogens with zero attached hydrogens (tertiary/aromatic N) is 2. The van der Waals surface area contributed by atoms with Crippen molar-refractivity contribution in [2.24, 2.45) is 5.10 Å². The molecule has 0 aromatic heterocycles. The van der Waals surface area contributed by atoms with Crippen molar-refractivity contribution >= 4 is 41.1 Å². The minimum atomic E-state index is -0.593. The standard InChI is InChI=1S/C27H33N5O4S/c1-5-32(6-2)20-14-12-19(13-15-20)16-28-31-23(33)17-36-22-11-9-8-10-21(22)25-24(26(34)35-7-3)18(4)29-27(37)30-25/h8-16,25H,5-7,17H2,1-4H3,(H,31,33)(H2,29,30,37)/b28-16+. The molecule has 1 aliphatic heterocycles. The summed E-state index contributed by atoms with van der Waals surface area (Å²) in [5.41, 5.74) is 6.13. The van der Waals surface area contributed by atoms with E-state index in [1.54, 1.807) is 32.2 Å². The summed E-state index contributed by atoms with van der Waals surface area (Å²) in [5.74, 6) is -0.443. The van der Waals surface area contributed by atoms with Crippen molar-refractivity contribution in [3.05, 3.63) is 70.9 Å². The highest BCUT2D eigenvalue weighted by atomic mass is 32.1. The molecule has 3 N–H and O–H groups in total. The number of benzene rings is 2. The third kappa shape index (κ3) is 7.29. The maximum atomic E-state index is 12.7. The smallest absolute Gasteiger partial charge is 0.338 e. The number of amides is 1. The molecule has 2 aromatic rings. The number of esters is 1. The number of anilines is 1. The number of hydrogen-bond acceptors (Lipinski definition) is 7. The Labute approximate surface area is 222 Å². The fourth-order valence-corrected chi connectivity index (χ4v) is 4.24. The molecule has 9 nitrogen and oxygen atoms in total. The lowest BCUT2D eigenvalue weighted by Gasteiger charge is -2.30. The summed E-state index contributed by atoms with van der Waals surface area (Å²) in [5, 5.41) is 10.5. The third-order valence-electron chi connectivity index (χ3n) is 5.78. The number of hydrazone groups is 1. The van der Waals surface area contributed by atoms with Crippen LogP contribution in [0.4, 0.5) is 5.69 Å². The Morgan fingerprint density at radius 3 is 2.49 bits per heavy atom. The van der Waals surface area contributed by atoms with Gasteiger partial charge in [0.2, 0.25) is 0 Å². The average molecular weight is 524 g/mol. The van der Waals surface area contributed by atoms with Crippen LogP contribution in [-0.2, 0) is 14.3 Å². The van der Waals surface area contributed by atoms with Gasteiger partial charge in [-0.05, 0) is 63.7 Å². The summed E-state index contributed by atoms with van der Waals surface area (Å²) in [6, 6.07) is 14.5. The van der Waals surface area contributed by atoms with E-state index < -0.39 is 17.9 Å². The topological polar surface area (TPSA) is 104 Å². The molecule has 0 fully saturated rings. The largest absolute Gasteiger partial charge is 0.483 e. The van der Waals surface area contributed by atoms with Gasteiger partial charge in [0.15, 0.2) is 11.7 Å². The van der Waals surface area contributed by atoms with Crippen molar-refractivity contribution < 1.29 is 19.1 Å². The maximum absolute atomic E-state index is 12.7. The number of thiocarbonyl (C=S) groups is 1. The molecule has 0 bridgehead atoms. The van der Waals surface area contributed by atoms with Crippen molar-refractivity contribution in [1.29, 1.82) is 0 Å². The second-order valence-corrected chi connectivity index (χ2v) is 8.58. The van der Waals surface area contributed by atoms with E-state index in [9.17, 15) is 9.59 Å². The molecule has 2 aromatic carbocycles. The number of allylic oxidation sites excluding steroid dienone is 1. The van der Waals surface area contributed by atoms with Crippen molar-refractivity contribution in [3.63, 3.8) is 0 Å². The Balaban J connectivity index is 1.65. The molecule has 1 amide bonds. The van der Waals surface area contributed by atoms with Crippen LogP contribution >= 0.6 is 12.2 Å². The molecular weight excluding hydrogens is 490 g/mol. The van der Waals surface area contributed by atoms with Gasteiger partial charge in [-0.2, -0.15) is 5.10 Å². The van der Waals surface area contributed by atoms with Crippen molar-refractivity contribution in [2.75, 3.05) is 31.2 Å². The van der Waals surface area contributed by atoms with E-state index in [4.69, 9.17) is 21.7 Å². The summed E-state index contributed by atoms with van der Waals surface area (Å²) in [4.78, 5) is 27.3. The Morgan fingerprint density at radius 2 is 1.81 bits per heavy atom. The van der Waals surface area contributed by atoms with E-state index in [1.807, 2.05) is 36.4 Å². The van der Waals surface area contributed by atoms with Crippen molar-refractivity contribution in [2.45, 2.75) is 33.7 Å². The SMILES string of the molecule is CCOC(=O)C1=C(C)NC(=S)NC1c1ccccc1OCC(=O)N/N=C/c1ccc(N(CC)CC)cc1. The summed E-state index contributed by atoms with van der Waals surface area (Å²) < 4.78 is 11.1. The summed E-state index contributed by atoms with van der Waals surface area (Å²) in [6.07, 6.45) is 1.58. The number of rotatable bonds is 11. The van der Waals surface area contributed by atoms with Gasteiger partial charge in [-0.15, -0.1) is 0 Å². The van der Waals surface area contributed by atoms with Crippen LogP contribution in [0.3, 0.4) is 0 Å². The molecule has 3 rings (SSSR count). The predicted molar refractivity (Wildman–Crippen MR) is 149 cm³/mol. The second-order valence-electron chi connectivity index (χ2n) is 8.17. The summed E-state index contributed by atoms with van der Waals surface area (Å²) in [7, 11) is 0. The first-order chi connectivity index (χ1) is 17.9. The van der Waals surface area contributed by atoms with Crippen LogP contribution in [0.2, 0.25) is 0 Å². The molecular formula is C27H33N5O4S. The number of nitrogens with one attached hydrogen (secondary N) is 3. The number of para-hydroxylation sites is 1. The highest BCUT2D eigenvalue weighted by Crippen LogP contribution is 2.33. The number of ether oxygens (including phenoxy) is 2. The molecule has 37 heavy (non-hydrogen) atoms. The molecule has 0 spiro atoms. The van der Waals surface area contributed by atoms with Crippen LogP contribution in [0.1, 0.15) is 44.9 Å². The van der Waals surface area contributed by atoms with Gasteiger partial charge in [-0.25, -0.2) is 10.2 Å². The van der Waals surface area contributed by atoms with Gasteiger partial charge in [0.1, 0.15) is 5.75 Å². The fraction of sp³-hybridized carbons (Fsp3) is 0.333. The Kier molecular flexibility index (Phi) is 10.0. The second kappa shape index (κ2) is 13.4.